The number of anilines is 1. The summed E-state index contributed by atoms with van der Waals surface area (Å²) < 4.78 is 38.1. The highest BCUT2D eigenvalue weighted by molar-refractivity contribution is 5.61. The van der Waals surface area contributed by atoms with Gasteiger partial charge in [-0.15, -0.1) is 0 Å². The van der Waals surface area contributed by atoms with Gasteiger partial charge in [0.2, 0.25) is 0 Å². The fraction of sp³-hybridized carbons (Fsp3) is 0.222. The van der Waals surface area contributed by atoms with Gasteiger partial charge < -0.3 is 5.73 Å². The Bertz CT molecular complexity index is 505. The van der Waals surface area contributed by atoms with Gasteiger partial charge in [-0.3, -0.25) is 10.1 Å². The zero-order valence-electron chi connectivity index (χ0n) is 8.28. The molecule has 0 aliphatic rings. The molecular weight excluding hydrogens is 239 g/mol. The number of nitro benzene ring substituents is 1. The molecule has 2 N–H and O–H groups in total. The van der Waals surface area contributed by atoms with Gasteiger partial charge in [-0.2, -0.15) is 18.4 Å². The molecule has 0 saturated heterocycles. The number of hydrogen-bond acceptors (Lipinski definition) is 4. The predicted octanol–water partition coefficient (Wildman–Crippen LogP) is 2.26. The van der Waals surface area contributed by atoms with Crippen molar-refractivity contribution < 1.29 is 18.1 Å². The summed E-state index contributed by atoms with van der Waals surface area (Å²) in [5, 5.41) is 18.9. The highest BCUT2D eigenvalue weighted by Gasteiger charge is 2.41. The molecule has 1 aromatic carbocycles. The lowest BCUT2D eigenvalue weighted by molar-refractivity contribution is -0.388. The van der Waals surface area contributed by atoms with Crippen LogP contribution >= 0.6 is 0 Å². The van der Waals surface area contributed by atoms with E-state index in [0.29, 0.717) is 6.07 Å². The van der Waals surface area contributed by atoms with Crippen LogP contribution in [0, 0.1) is 21.4 Å². The summed E-state index contributed by atoms with van der Waals surface area (Å²) in [5.41, 5.74) is 1.90. The van der Waals surface area contributed by atoms with E-state index < -0.39 is 34.3 Å². The number of nitriles is 1. The number of nitrogen functional groups attached to an aromatic ring is 1. The largest absolute Gasteiger partial charge is 0.423 e. The van der Waals surface area contributed by atoms with Crippen LogP contribution in [0.2, 0.25) is 0 Å². The summed E-state index contributed by atoms with van der Waals surface area (Å²) in [6.07, 6.45) is -5.56. The Hall–Kier alpha value is -2.30. The Kier molecular flexibility index (Phi) is 3.22. The van der Waals surface area contributed by atoms with E-state index >= 15 is 0 Å². The number of halogens is 3. The van der Waals surface area contributed by atoms with Crippen LogP contribution in [0.25, 0.3) is 0 Å². The number of alkyl halides is 3. The van der Waals surface area contributed by atoms with Crippen molar-refractivity contribution in [3.8, 4) is 6.07 Å². The molecule has 1 aromatic rings. The Morgan fingerprint density at radius 1 is 1.47 bits per heavy atom. The summed E-state index contributed by atoms with van der Waals surface area (Å²) in [6.45, 7) is 0. The van der Waals surface area contributed by atoms with Gasteiger partial charge in [0.15, 0.2) is 0 Å². The first kappa shape index (κ1) is 12.8. The number of nitrogens with zero attached hydrogens (tertiary/aromatic N) is 2. The van der Waals surface area contributed by atoms with Crippen LogP contribution in [0.3, 0.4) is 0 Å². The van der Waals surface area contributed by atoms with E-state index in [-0.39, 0.29) is 5.69 Å². The van der Waals surface area contributed by atoms with Crippen molar-refractivity contribution >= 4 is 11.4 Å². The molecule has 0 bridgehead atoms. The molecular formula is C9H6F3N3O2. The molecule has 5 nitrogen and oxygen atoms in total. The maximum Gasteiger partial charge on any atom is 0.423 e. The van der Waals surface area contributed by atoms with Gasteiger partial charge in [0.25, 0.3) is 5.69 Å². The first-order valence-electron chi connectivity index (χ1n) is 4.29. The van der Waals surface area contributed by atoms with Gasteiger partial charge in [0, 0.05) is 17.3 Å². The lowest BCUT2D eigenvalue weighted by Gasteiger charge is -2.13. The number of rotatable bonds is 2. The predicted molar refractivity (Wildman–Crippen MR) is 51.8 cm³/mol. The third kappa shape index (κ3) is 2.44. The van der Waals surface area contributed by atoms with Crippen LogP contribution < -0.4 is 5.73 Å². The second kappa shape index (κ2) is 4.29. The van der Waals surface area contributed by atoms with Gasteiger partial charge in [-0.05, 0) is 6.07 Å². The zero-order chi connectivity index (χ0) is 13.2. The molecule has 0 aliphatic heterocycles. The van der Waals surface area contributed by atoms with E-state index in [2.05, 4.69) is 0 Å². The van der Waals surface area contributed by atoms with Crippen molar-refractivity contribution in [2.24, 2.45) is 0 Å². The number of nitro groups is 1. The Balaban J connectivity index is 3.63. The quantitative estimate of drug-likeness (QED) is 0.491. The molecule has 0 saturated carbocycles. The number of nitrogens with two attached hydrogens (primary N) is 1. The summed E-state index contributed by atoms with van der Waals surface area (Å²) in [7, 11) is 0. The molecule has 0 heterocycles. The third-order valence-electron chi connectivity index (χ3n) is 2.06. The highest BCUT2D eigenvalue weighted by atomic mass is 19.4. The van der Waals surface area contributed by atoms with Crippen molar-refractivity contribution in [3.63, 3.8) is 0 Å². The first-order valence-corrected chi connectivity index (χ1v) is 4.29. The number of hydrogen-bond donors (Lipinski definition) is 1. The molecule has 8 heteroatoms. The fourth-order valence-corrected chi connectivity index (χ4v) is 1.39. The zero-order valence-corrected chi connectivity index (χ0v) is 8.28. The van der Waals surface area contributed by atoms with Gasteiger partial charge in [-0.25, -0.2) is 0 Å². The van der Waals surface area contributed by atoms with E-state index in [1.54, 1.807) is 0 Å². The average molecular weight is 245 g/mol. The normalized spacial score (nSPS) is 10.9. The molecule has 0 amide bonds. The topological polar surface area (TPSA) is 93.0 Å². The molecule has 0 atom stereocenters. The van der Waals surface area contributed by atoms with Gasteiger partial charge in [-0.1, -0.05) is 0 Å². The average Bonchev–Trinajstić information content (AvgIpc) is 2.18. The lowest BCUT2D eigenvalue weighted by Crippen LogP contribution is -2.14. The van der Waals surface area contributed by atoms with Crippen LogP contribution in [0.4, 0.5) is 24.5 Å². The van der Waals surface area contributed by atoms with E-state index in [0.717, 1.165) is 6.07 Å². The molecule has 1 rings (SSSR count). The lowest BCUT2D eigenvalue weighted by atomic mass is 10.0. The minimum atomic E-state index is -4.93. The van der Waals surface area contributed by atoms with Crippen molar-refractivity contribution in [1.82, 2.24) is 0 Å². The maximum absolute atomic E-state index is 12.7. The van der Waals surface area contributed by atoms with E-state index in [9.17, 15) is 23.3 Å². The van der Waals surface area contributed by atoms with Crippen LogP contribution in [0.1, 0.15) is 11.1 Å². The van der Waals surface area contributed by atoms with Crippen LogP contribution in [0.5, 0.6) is 0 Å². The van der Waals surface area contributed by atoms with Crippen molar-refractivity contribution in [2.75, 3.05) is 5.73 Å². The van der Waals surface area contributed by atoms with Crippen LogP contribution in [0.15, 0.2) is 12.1 Å². The minimum absolute atomic E-state index is 0.288. The summed E-state index contributed by atoms with van der Waals surface area (Å²) in [4.78, 5) is 9.37. The Morgan fingerprint density at radius 2 is 2.06 bits per heavy atom. The van der Waals surface area contributed by atoms with Crippen molar-refractivity contribution in [3.05, 3.63) is 33.4 Å². The smallest absolute Gasteiger partial charge is 0.398 e. The SMILES string of the molecule is N#CCc1c(N)ccc([N+](=O)[O-])c1C(F)(F)F. The van der Waals surface area contributed by atoms with E-state index in [1.165, 1.54) is 6.07 Å². The first-order chi connectivity index (χ1) is 7.79. The minimum Gasteiger partial charge on any atom is -0.398 e. The summed E-state index contributed by atoms with van der Waals surface area (Å²) in [6, 6.07) is 3.17. The molecule has 0 radical (unpaired) electrons. The van der Waals surface area contributed by atoms with E-state index in [4.69, 9.17) is 11.0 Å². The second-order valence-corrected chi connectivity index (χ2v) is 3.12. The van der Waals surface area contributed by atoms with Gasteiger partial charge in [0.1, 0.15) is 5.56 Å². The third-order valence-corrected chi connectivity index (χ3v) is 2.06. The fourth-order valence-electron chi connectivity index (χ4n) is 1.39. The monoisotopic (exact) mass is 245 g/mol. The number of benzene rings is 1. The molecule has 0 fully saturated rings. The molecule has 0 aromatic heterocycles. The van der Waals surface area contributed by atoms with Crippen molar-refractivity contribution in [2.45, 2.75) is 12.6 Å². The van der Waals surface area contributed by atoms with Crippen LogP contribution in [-0.2, 0) is 12.6 Å². The standard InChI is InChI=1S/C9H6F3N3O2/c10-9(11,12)8-5(3-4-13)6(14)1-2-7(8)15(16)17/h1-2H,3,14H2. The van der Waals surface area contributed by atoms with Gasteiger partial charge in [0.05, 0.1) is 17.4 Å². The Labute approximate surface area is 93.4 Å². The van der Waals surface area contributed by atoms with Gasteiger partial charge >= 0.3 is 6.18 Å². The van der Waals surface area contributed by atoms with Crippen molar-refractivity contribution in [1.29, 1.82) is 5.26 Å². The maximum atomic E-state index is 12.7. The van der Waals surface area contributed by atoms with E-state index in [1.807, 2.05) is 0 Å². The molecule has 0 spiro atoms. The molecule has 0 unspecified atom stereocenters. The molecule has 0 aliphatic carbocycles. The summed E-state index contributed by atoms with van der Waals surface area (Å²) in [5.74, 6) is 0. The molecule has 17 heavy (non-hydrogen) atoms. The highest BCUT2D eigenvalue weighted by Crippen LogP contribution is 2.40. The summed E-state index contributed by atoms with van der Waals surface area (Å²) >= 11 is 0. The second-order valence-electron chi connectivity index (χ2n) is 3.12. The Morgan fingerprint density at radius 3 is 2.47 bits per heavy atom. The van der Waals surface area contributed by atoms with Crippen LogP contribution in [-0.4, -0.2) is 4.92 Å². The molecule has 90 valence electrons.